The van der Waals surface area contributed by atoms with Gasteiger partial charge in [-0.3, -0.25) is 9.69 Å². The van der Waals surface area contributed by atoms with E-state index in [0.29, 0.717) is 53.6 Å². The van der Waals surface area contributed by atoms with Crippen LogP contribution in [0.4, 0.5) is 0 Å². The number of aromatic nitrogens is 1. The number of benzene rings is 1. The lowest BCUT2D eigenvalue weighted by molar-refractivity contribution is 0.0525. The van der Waals surface area contributed by atoms with Gasteiger partial charge in [-0.25, -0.2) is 13.2 Å². The molecule has 0 radical (unpaired) electrons. The molecule has 0 spiro atoms. The summed E-state index contributed by atoms with van der Waals surface area (Å²) in [4.78, 5) is 30.4. The zero-order chi connectivity index (χ0) is 23.6. The molecule has 1 N–H and O–H groups in total. The summed E-state index contributed by atoms with van der Waals surface area (Å²) < 4.78 is 32.8. The van der Waals surface area contributed by atoms with Gasteiger partial charge in [0.1, 0.15) is 0 Å². The van der Waals surface area contributed by atoms with Crippen LogP contribution in [0.15, 0.2) is 23.1 Å². The lowest BCUT2D eigenvalue weighted by Crippen LogP contribution is -2.49. The molecule has 1 aromatic carbocycles. The average molecular weight is 462 g/mol. The number of aryl methyl sites for hydroxylation is 3. The predicted molar refractivity (Wildman–Crippen MR) is 122 cm³/mol. The van der Waals surface area contributed by atoms with Gasteiger partial charge in [0.05, 0.1) is 29.3 Å². The van der Waals surface area contributed by atoms with E-state index in [1.165, 1.54) is 4.31 Å². The number of nitrogens with one attached hydrogen (secondary N) is 1. The van der Waals surface area contributed by atoms with Gasteiger partial charge in [-0.05, 0) is 57.4 Å². The number of Topliss-reactive ketones (excluding diaryl/α,β-unsaturated/α-hetero) is 1. The van der Waals surface area contributed by atoms with Crippen molar-refractivity contribution < 1.29 is 22.7 Å². The van der Waals surface area contributed by atoms with Crippen molar-refractivity contribution in [2.45, 2.75) is 39.5 Å². The summed E-state index contributed by atoms with van der Waals surface area (Å²) in [6.45, 7) is 10.9. The third kappa shape index (κ3) is 4.79. The fraction of sp³-hybridized carbons (Fsp3) is 0.478. The third-order valence-corrected chi connectivity index (χ3v) is 7.90. The highest BCUT2D eigenvalue weighted by Gasteiger charge is 2.31. The molecule has 0 amide bonds. The van der Waals surface area contributed by atoms with Crippen LogP contribution < -0.4 is 0 Å². The highest BCUT2D eigenvalue weighted by Crippen LogP contribution is 2.23. The van der Waals surface area contributed by atoms with E-state index in [1.54, 1.807) is 33.8 Å². The van der Waals surface area contributed by atoms with Crippen molar-refractivity contribution in [3.05, 3.63) is 51.8 Å². The second-order valence-corrected chi connectivity index (χ2v) is 10.1. The second kappa shape index (κ2) is 9.56. The van der Waals surface area contributed by atoms with Crippen molar-refractivity contribution in [3.8, 4) is 0 Å². The number of aromatic amines is 1. The van der Waals surface area contributed by atoms with Crippen LogP contribution >= 0.6 is 0 Å². The van der Waals surface area contributed by atoms with E-state index >= 15 is 0 Å². The normalized spacial score (nSPS) is 15.7. The Morgan fingerprint density at radius 2 is 1.72 bits per heavy atom. The quantitative estimate of drug-likeness (QED) is 0.503. The van der Waals surface area contributed by atoms with Crippen LogP contribution in [0, 0.1) is 27.7 Å². The summed E-state index contributed by atoms with van der Waals surface area (Å²) >= 11 is 0. The first kappa shape index (κ1) is 24.2. The van der Waals surface area contributed by atoms with E-state index in [-0.39, 0.29) is 18.9 Å². The van der Waals surface area contributed by atoms with Gasteiger partial charge >= 0.3 is 5.97 Å². The number of carbonyl (C=O) groups is 2. The molecule has 0 unspecified atom stereocenters. The first-order valence-electron chi connectivity index (χ1n) is 10.8. The molecule has 1 saturated heterocycles. The molecule has 1 aliphatic heterocycles. The maximum atomic E-state index is 13.1. The molecule has 2 heterocycles. The summed E-state index contributed by atoms with van der Waals surface area (Å²) in [5.41, 5.74) is 3.62. The van der Waals surface area contributed by atoms with Crippen LogP contribution in [0.2, 0.25) is 0 Å². The lowest BCUT2D eigenvalue weighted by atomic mass is 10.1. The molecule has 0 atom stereocenters. The average Bonchev–Trinajstić information content (AvgIpc) is 3.04. The largest absolute Gasteiger partial charge is 0.462 e. The summed E-state index contributed by atoms with van der Waals surface area (Å²) in [6.07, 6.45) is 0. The van der Waals surface area contributed by atoms with Gasteiger partial charge in [-0.1, -0.05) is 12.1 Å². The zero-order valence-corrected chi connectivity index (χ0v) is 20.1. The number of hydrogen-bond donors (Lipinski definition) is 1. The second-order valence-electron chi connectivity index (χ2n) is 8.22. The molecule has 3 rings (SSSR count). The van der Waals surface area contributed by atoms with Crippen molar-refractivity contribution in [1.29, 1.82) is 0 Å². The van der Waals surface area contributed by atoms with Crippen molar-refractivity contribution >= 4 is 21.8 Å². The number of rotatable bonds is 7. The number of nitrogens with zero attached hydrogens (tertiary/aromatic N) is 2. The van der Waals surface area contributed by atoms with Gasteiger partial charge in [0, 0.05) is 31.9 Å². The van der Waals surface area contributed by atoms with Crippen molar-refractivity contribution in [1.82, 2.24) is 14.2 Å². The highest BCUT2D eigenvalue weighted by atomic mass is 32.2. The van der Waals surface area contributed by atoms with Crippen LogP contribution in [0.3, 0.4) is 0 Å². The molecule has 0 aliphatic carbocycles. The lowest BCUT2D eigenvalue weighted by Gasteiger charge is -2.33. The fourth-order valence-electron chi connectivity index (χ4n) is 4.07. The Kier molecular flexibility index (Phi) is 7.22. The van der Waals surface area contributed by atoms with Gasteiger partial charge in [0.25, 0.3) is 0 Å². The van der Waals surface area contributed by atoms with E-state index < -0.39 is 16.0 Å². The number of hydrogen-bond acceptors (Lipinski definition) is 6. The maximum Gasteiger partial charge on any atom is 0.340 e. The van der Waals surface area contributed by atoms with E-state index in [1.807, 2.05) is 24.0 Å². The third-order valence-electron chi connectivity index (χ3n) is 5.86. The zero-order valence-electron chi connectivity index (χ0n) is 19.3. The minimum absolute atomic E-state index is 0.132. The molecule has 0 saturated carbocycles. The highest BCUT2D eigenvalue weighted by molar-refractivity contribution is 7.89. The number of sulfonamides is 1. The monoisotopic (exact) mass is 461 g/mol. The van der Waals surface area contributed by atoms with Crippen LogP contribution in [-0.2, 0) is 14.8 Å². The number of carbonyl (C=O) groups excluding carboxylic acids is 2. The Balaban J connectivity index is 1.67. The van der Waals surface area contributed by atoms with Crippen LogP contribution in [-0.4, -0.2) is 73.7 Å². The van der Waals surface area contributed by atoms with E-state index in [4.69, 9.17) is 4.74 Å². The number of ether oxygens (including phenoxy) is 1. The van der Waals surface area contributed by atoms with E-state index in [9.17, 15) is 18.0 Å². The SMILES string of the molecule is CCOC(=O)c1c(C)[nH]c(C(=O)CN2CCN(S(=O)(=O)c3cc(C)ccc3C)CC2)c1C. The van der Waals surface area contributed by atoms with Gasteiger partial charge in [-0.15, -0.1) is 0 Å². The van der Waals surface area contributed by atoms with Crippen LogP contribution in [0.1, 0.15) is 50.2 Å². The van der Waals surface area contributed by atoms with Crippen molar-refractivity contribution in [2.24, 2.45) is 0 Å². The molecule has 32 heavy (non-hydrogen) atoms. The van der Waals surface area contributed by atoms with Crippen molar-refractivity contribution in [3.63, 3.8) is 0 Å². The Bertz CT molecular complexity index is 1130. The number of ketones is 1. The molecule has 174 valence electrons. The van der Waals surface area contributed by atoms with E-state index in [0.717, 1.165) is 11.1 Å². The Morgan fingerprint density at radius 3 is 2.34 bits per heavy atom. The Hall–Kier alpha value is -2.49. The van der Waals surface area contributed by atoms with Crippen LogP contribution in [0.5, 0.6) is 0 Å². The standard InChI is InChI=1S/C23H31N3O5S/c1-6-31-23(28)21-17(4)22(24-18(21)5)19(27)14-25-9-11-26(12-10-25)32(29,30)20-13-15(2)7-8-16(20)3/h7-8,13,24H,6,9-12,14H2,1-5H3. The predicted octanol–water partition coefficient (Wildman–Crippen LogP) is 2.61. The number of H-pyrrole nitrogens is 1. The summed E-state index contributed by atoms with van der Waals surface area (Å²) in [5, 5.41) is 0. The van der Waals surface area contributed by atoms with Crippen molar-refractivity contribution in [2.75, 3.05) is 39.3 Å². The van der Waals surface area contributed by atoms with E-state index in [2.05, 4.69) is 4.98 Å². The first-order chi connectivity index (χ1) is 15.1. The first-order valence-corrected chi connectivity index (χ1v) is 12.2. The Morgan fingerprint density at radius 1 is 1.06 bits per heavy atom. The summed E-state index contributed by atoms with van der Waals surface area (Å²) in [5.74, 6) is -0.574. The number of piperazine rings is 1. The molecule has 0 bridgehead atoms. The molecule has 1 aliphatic rings. The van der Waals surface area contributed by atoms with Gasteiger partial charge in [0.15, 0.2) is 5.78 Å². The maximum absolute atomic E-state index is 13.1. The molecule has 1 aromatic heterocycles. The Labute approximate surface area is 189 Å². The minimum atomic E-state index is -3.58. The van der Waals surface area contributed by atoms with Gasteiger partial charge in [0.2, 0.25) is 10.0 Å². The smallest absolute Gasteiger partial charge is 0.340 e. The van der Waals surface area contributed by atoms with Gasteiger partial charge < -0.3 is 9.72 Å². The van der Waals surface area contributed by atoms with Crippen LogP contribution in [0.25, 0.3) is 0 Å². The minimum Gasteiger partial charge on any atom is -0.462 e. The molecule has 9 heteroatoms. The summed E-state index contributed by atoms with van der Waals surface area (Å²) in [6, 6.07) is 5.43. The van der Waals surface area contributed by atoms with Gasteiger partial charge in [-0.2, -0.15) is 4.31 Å². The molecule has 2 aromatic rings. The molecular weight excluding hydrogens is 430 g/mol. The topological polar surface area (TPSA) is 99.8 Å². The fourth-order valence-corrected chi connectivity index (χ4v) is 5.80. The molecular formula is C23H31N3O5S. The molecule has 1 fully saturated rings. The summed E-state index contributed by atoms with van der Waals surface area (Å²) in [7, 11) is -3.58. The molecule has 8 nitrogen and oxygen atoms in total. The number of esters is 1.